The number of ketones is 1. The van der Waals surface area contributed by atoms with E-state index in [1.807, 2.05) is 56.3 Å². The summed E-state index contributed by atoms with van der Waals surface area (Å²) < 4.78 is 6.54. The van der Waals surface area contributed by atoms with Crippen molar-refractivity contribution >= 4 is 22.5 Å². The van der Waals surface area contributed by atoms with Crippen LogP contribution >= 0.6 is 0 Å². The van der Waals surface area contributed by atoms with Gasteiger partial charge in [-0.2, -0.15) is 0 Å². The first-order valence-electron chi connectivity index (χ1n) is 13.5. The molecule has 3 heterocycles. The van der Waals surface area contributed by atoms with E-state index in [9.17, 15) is 4.79 Å². The van der Waals surface area contributed by atoms with Gasteiger partial charge in [-0.3, -0.25) is 4.79 Å². The maximum atomic E-state index is 12.7. The van der Waals surface area contributed by atoms with E-state index in [-0.39, 0.29) is 11.7 Å². The number of hydrogen-bond donors (Lipinski definition) is 2. The number of ether oxygens (including phenoxy) is 1. The molecule has 0 amide bonds. The van der Waals surface area contributed by atoms with Gasteiger partial charge in [-0.1, -0.05) is 44.2 Å². The van der Waals surface area contributed by atoms with Gasteiger partial charge in [0.15, 0.2) is 0 Å². The SMILES string of the molecule is CC[C@H](C)C(=O)Cc1cccc2c(Oc3ncccc3-c3ccnc(N[C@H]4CCCNC4)n3)c(C)ccc12. The molecular formula is C31H35N5O2. The number of carbonyl (C=O) groups excluding carboxylic acids is 1. The fourth-order valence-corrected chi connectivity index (χ4v) is 4.88. The Bertz CT molecular complexity index is 1430. The van der Waals surface area contributed by atoms with Crippen LogP contribution in [0.2, 0.25) is 0 Å². The minimum absolute atomic E-state index is 0.0455. The molecule has 4 aromatic rings. The molecule has 0 unspecified atom stereocenters. The maximum absolute atomic E-state index is 12.7. The van der Waals surface area contributed by atoms with Crippen LogP contribution in [-0.2, 0) is 11.2 Å². The summed E-state index contributed by atoms with van der Waals surface area (Å²) >= 11 is 0. The van der Waals surface area contributed by atoms with E-state index in [4.69, 9.17) is 9.72 Å². The first-order chi connectivity index (χ1) is 18.5. The second-order valence-corrected chi connectivity index (χ2v) is 10.1. The van der Waals surface area contributed by atoms with Crippen LogP contribution in [0, 0.1) is 12.8 Å². The summed E-state index contributed by atoms with van der Waals surface area (Å²) in [5, 5.41) is 8.86. The van der Waals surface area contributed by atoms with Gasteiger partial charge in [0.2, 0.25) is 11.8 Å². The van der Waals surface area contributed by atoms with Crippen LogP contribution < -0.4 is 15.4 Å². The quantitative estimate of drug-likeness (QED) is 0.281. The summed E-state index contributed by atoms with van der Waals surface area (Å²) in [7, 11) is 0. The van der Waals surface area contributed by atoms with Gasteiger partial charge in [0, 0.05) is 42.7 Å². The number of pyridine rings is 1. The zero-order chi connectivity index (χ0) is 26.5. The number of piperidine rings is 1. The lowest BCUT2D eigenvalue weighted by Gasteiger charge is -2.23. The van der Waals surface area contributed by atoms with E-state index < -0.39 is 0 Å². The Morgan fingerprint density at radius 1 is 1.11 bits per heavy atom. The predicted molar refractivity (Wildman–Crippen MR) is 152 cm³/mol. The van der Waals surface area contributed by atoms with Gasteiger partial charge in [-0.05, 0) is 67.4 Å². The number of aromatic nitrogens is 3. The second-order valence-electron chi connectivity index (χ2n) is 10.1. The first kappa shape index (κ1) is 25.8. The standard InChI is InChI=1S/C31H35N5O2/c1-4-20(2)28(37)18-22-8-5-10-25-24(22)13-12-21(3)29(25)38-30-26(11-7-16-33-30)27-14-17-34-31(36-27)35-23-9-6-15-32-19-23/h5,7-8,10-14,16-17,20,23,32H,4,6,9,15,18-19H2,1-3H3,(H,34,35,36)/t20-,23-/m0/s1. The summed E-state index contributed by atoms with van der Waals surface area (Å²) in [5.41, 5.74) is 3.54. The largest absolute Gasteiger partial charge is 0.437 e. The second kappa shape index (κ2) is 11.7. The Morgan fingerprint density at radius 3 is 2.82 bits per heavy atom. The number of anilines is 1. The number of aryl methyl sites for hydroxylation is 1. The molecule has 5 rings (SSSR count). The lowest BCUT2D eigenvalue weighted by atomic mass is 9.93. The summed E-state index contributed by atoms with van der Waals surface area (Å²) in [6.07, 6.45) is 6.97. The smallest absolute Gasteiger partial charge is 0.228 e. The zero-order valence-corrected chi connectivity index (χ0v) is 22.3. The fraction of sp³-hybridized carbons (Fsp3) is 0.355. The average molecular weight is 510 g/mol. The van der Waals surface area contributed by atoms with Crippen molar-refractivity contribution in [3.63, 3.8) is 0 Å². The van der Waals surface area contributed by atoms with Crippen molar-refractivity contribution in [3.05, 3.63) is 72.1 Å². The number of fused-ring (bicyclic) bond motifs is 1. The highest BCUT2D eigenvalue weighted by atomic mass is 16.5. The van der Waals surface area contributed by atoms with Crippen molar-refractivity contribution in [2.75, 3.05) is 18.4 Å². The molecule has 7 heteroatoms. The maximum Gasteiger partial charge on any atom is 0.228 e. The molecule has 196 valence electrons. The topological polar surface area (TPSA) is 89.0 Å². The highest BCUT2D eigenvalue weighted by Crippen LogP contribution is 2.37. The van der Waals surface area contributed by atoms with Crippen molar-refractivity contribution in [3.8, 4) is 22.9 Å². The van der Waals surface area contributed by atoms with Gasteiger partial charge in [0.25, 0.3) is 0 Å². The Labute approximate surface area is 224 Å². The van der Waals surface area contributed by atoms with Gasteiger partial charge < -0.3 is 15.4 Å². The van der Waals surface area contributed by atoms with Crippen molar-refractivity contribution in [2.45, 2.75) is 52.5 Å². The monoisotopic (exact) mass is 509 g/mol. The summed E-state index contributed by atoms with van der Waals surface area (Å²) in [6, 6.07) is 16.2. The van der Waals surface area contributed by atoms with Crippen LogP contribution in [0.15, 0.2) is 60.9 Å². The van der Waals surface area contributed by atoms with Crippen molar-refractivity contribution in [1.82, 2.24) is 20.3 Å². The Morgan fingerprint density at radius 2 is 2.00 bits per heavy atom. The van der Waals surface area contributed by atoms with Gasteiger partial charge in [-0.15, -0.1) is 0 Å². The van der Waals surface area contributed by atoms with Gasteiger partial charge >= 0.3 is 0 Å². The molecule has 2 aromatic heterocycles. The molecule has 1 fully saturated rings. The van der Waals surface area contributed by atoms with Gasteiger partial charge in [0.1, 0.15) is 11.5 Å². The van der Waals surface area contributed by atoms with Crippen LogP contribution in [0.3, 0.4) is 0 Å². The third-order valence-electron chi connectivity index (χ3n) is 7.36. The van der Waals surface area contributed by atoms with E-state index >= 15 is 0 Å². The van der Waals surface area contributed by atoms with Crippen molar-refractivity contribution in [2.24, 2.45) is 5.92 Å². The number of nitrogens with zero attached hydrogens (tertiary/aromatic N) is 3. The number of nitrogens with one attached hydrogen (secondary N) is 2. The first-order valence-corrected chi connectivity index (χ1v) is 13.5. The molecule has 0 saturated carbocycles. The van der Waals surface area contributed by atoms with E-state index in [1.54, 1.807) is 12.4 Å². The normalized spacial score (nSPS) is 16.2. The van der Waals surface area contributed by atoms with Crippen LogP contribution in [0.5, 0.6) is 11.6 Å². The molecule has 0 bridgehead atoms. The molecule has 1 aliphatic rings. The molecule has 1 aliphatic heterocycles. The van der Waals surface area contributed by atoms with Crippen LogP contribution in [-0.4, -0.2) is 39.9 Å². The molecule has 2 aromatic carbocycles. The third kappa shape index (κ3) is 5.68. The number of benzene rings is 2. The van der Waals surface area contributed by atoms with E-state index in [1.165, 1.54) is 0 Å². The highest BCUT2D eigenvalue weighted by molar-refractivity contribution is 5.95. The summed E-state index contributed by atoms with van der Waals surface area (Å²) in [5.74, 6) is 2.12. The number of rotatable bonds is 9. The molecule has 1 saturated heterocycles. The Kier molecular flexibility index (Phi) is 7.94. The molecule has 0 spiro atoms. The molecule has 0 aliphatic carbocycles. The Hall–Kier alpha value is -3.84. The van der Waals surface area contributed by atoms with E-state index in [0.29, 0.717) is 24.3 Å². The van der Waals surface area contributed by atoms with Crippen molar-refractivity contribution in [1.29, 1.82) is 0 Å². The third-order valence-corrected chi connectivity index (χ3v) is 7.36. The van der Waals surface area contributed by atoms with E-state index in [0.717, 1.165) is 71.3 Å². The summed E-state index contributed by atoms with van der Waals surface area (Å²) in [4.78, 5) is 26.5. The molecule has 7 nitrogen and oxygen atoms in total. The highest BCUT2D eigenvalue weighted by Gasteiger charge is 2.18. The summed E-state index contributed by atoms with van der Waals surface area (Å²) in [6.45, 7) is 8.03. The average Bonchev–Trinajstić information content (AvgIpc) is 2.95. The number of hydrogen-bond acceptors (Lipinski definition) is 7. The number of Topliss-reactive ketones (excluding diaryl/α,β-unsaturated/α-hetero) is 1. The molecule has 0 radical (unpaired) electrons. The van der Waals surface area contributed by atoms with Crippen LogP contribution in [0.4, 0.5) is 5.95 Å². The van der Waals surface area contributed by atoms with Gasteiger partial charge in [-0.25, -0.2) is 15.0 Å². The van der Waals surface area contributed by atoms with Crippen LogP contribution in [0.25, 0.3) is 22.0 Å². The molecular weight excluding hydrogens is 474 g/mol. The van der Waals surface area contributed by atoms with Crippen LogP contribution in [0.1, 0.15) is 44.2 Å². The Balaban J connectivity index is 1.47. The molecule has 38 heavy (non-hydrogen) atoms. The van der Waals surface area contributed by atoms with E-state index in [2.05, 4.69) is 33.6 Å². The minimum Gasteiger partial charge on any atom is -0.437 e. The minimum atomic E-state index is 0.0455. The number of carbonyl (C=O) groups is 1. The van der Waals surface area contributed by atoms with Gasteiger partial charge in [0.05, 0.1) is 11.3 Å². The lowest BCUT2D eigenvalue weighted by molar-refractivity contribution is -0.121. The predicted octanol–water partition coefficient (Wildman–Crippen LogP) is 6.11. The lowest BCUT2D eigenvalue weighted by Crippen LogP contribution is -2.38. The molecule has 2 atom stereocenters. The van der Waals surface area contributed by atoms with Crippen molar-refractivity contribution < 1.29 is 9.53 Å². The molecule has 2 N–H and O–H groups in total. The zero-order valence-electron chi connectivity index (χ0n) is 22.3. The fourth-order valence-electron chi connectivity index (χ4n) is 4.88.